The van der Waals surface area contributed by atoms with Gasteiger partial charge in [0.05, 0.1) is 12.8 Å². The van der Waals surface area contributed by atoms with Crippen molar-refractivity contribution in [2.24, 2.45) is 0 Å². The minimum atomic E-state index is 0.583. The quantitative estimate of drug-likeness (QED) is 0.943. The first kappa shape index (κ1) is 15.0. The molecule has 5 nitrogen and oxygen atoms in total. The lowest BCUT2D eigenvalue weighted by Crippen LogP contribution is -2.48. The second-order valence-corrected chi connectivity index (χ2v) is 6.90. The van der Waals surface area contributed by atoms with E-state index in [0.29, 0.717) is 5.92 Å². The van der Waals surface area contributed by atoms with Crippen molar-refractivity contribution in [1.29, 1.82) is 0 Å². The molecule has 1 atom stereocenters. The van der Waals surface area contributed by atoms with Crippen LogP contribution < -0.4 is 0 Å². The molecule has 124 valence electrons. The second-order valence-electron chi connectivity index (χ2n) is 6.90. The Morgan fingerprint density at radius 1 is 1.22 bits per heavy atom. The summed E-state index contributed by atoms with van der Waals surface area (Å²) < 4.78 is 5.47. The molecule has 0 bridgehead atoms. The summed E-state index contributed by atoms with van der Waals surface area (Å²) in [5.74, 6) is 2.84. The van der Waals surface area contributed by atoms with Crippen molar-refractivity contribution in [2.75, 3.05) is 26.2 Å². The third-order valence-corrected chi connectivity index (χ3v) is 5.39. The molecule has 0 saturated carbocycles. The molecule has 0 radical (unpaired) electrons. The van der Waals surface area contributed by atoms with E-state index in [2.05, 4.69) is 25.8 Å². The number of nitrogens with zero attached hydrogens (tertiary/aromatic N) is 3. The van der Waals surface area contributed by atoms with Crippen LogP contribution in [-0.4, -0.2) is 52.0 Å². The SMILES string of the molecule is c1coc(CN2CCC(N3CCC[C@@H](c4ncc[nH]4)C3)CC2)c1. The molecule has 2 aliphatic rings. The molecule has 23 heavy (non-hydrogen) atoms. The lowest BCUT2D eigenvalue weighted by molar-refractivity contribution is 0.0787. The van der Waals surface area contributed by atoms with Crippen molar-refractivity contribution in [2.45, 2.75) is 44.2 Å². The highest BCUT2D eigenvalue weighted by molar-refractivity contribution is 5.01. The number of hydrogen-bond acceptors (Lipinski definition) is 4. The number of likely N-dealkylation sites (tertiary alicyclic amines) is 2. The van der Waals surface area contributed by atoms with Gasteiger partial charge in [0.25, 0.3) is 0 Å². The summed E-state index contributed by atoms with van der Waals surface area (Å²) in [4.78, 5) is 13.0. The summed E-state index contributed by atoms with van der Waals surface area (Å²) in [6.45, 7) is 5.71. The smallest absolute Gasteiger partial charge is 0.117 e. The first-order chi connectivity index (χ1) is 11.4. The number of hydrogen-bond donors (Lipinski definition) is 1. The van der Waals surface area contributed by atoms with Gasteiger partial charge in [0.15, 0.2) is 0 Å². The van der Waals surface area contributed by atoms with Crippen LogP contribution in [0, 0.1) is 0 Å². The van der Waals surface area contributed by atoms with Gasteiger partial charge in [-0.3, -0.25) is 9.80 Å². The van der Waals surface area contributed by atoms with Gasteiger partial charge in [-0.05, 0) is 44.4 Å². The third kappa shape index (κ3) is 3.51. The Morgan fingerprint density at radius 2 is 2.13 bits per heavy atom. The molecule has 2 fully saturated rings. The number of nitrogens with one attached hydrogen (secondary N) is 1. The summed E-state index contributed by atoms with van der Waals surface area (Å²) in [6, 6.07) is 4.79. The van der Waals surface area contributed by atoms with Crippen molar-refractivity contribution >= 4 is 0 Å². The summed E-state index contributed by atoms with van der Waals surface area (Å²) >= 11 is 0. The van der Waals surface area contributed by atoms with Gasteiger partial charge < -0.3 is 9.40 Å². The Balaban J connectivity index is 1.29. The van der Waals surface area contributed by atoms with Gasteiger partial charge in [-0.1, -0.05) is 0 Å². The fourth-order valence-corrected chi connectivity index (χ4v) is 4.13. The Hall–Kier alpha value is -1.59. The molecule has 1 N–H and O–H groups in total. The van der Waals surface area contributed by atoms with Crippen LogP contribution in [0.1, 0.15) is 43.2 Å². The van der Waals surface area contributed by atoms with Crippen LogP contribution in [-0.2, 0) is 6.54 Å². The minimum Gasteiger partial charge on any atom is -0.468 e. The molecule has 0 aliphatic carbocycles. The number of aromatic nitrogens is 2. The number of rotatable bonds is 4. The van der Waals surface area contributed by atoms with Crippen molar-refractivity contribution in [3.05, 3.63) is 42.4 Å². The summed E-state index contributed by atoms with van der Waals surface area (Å²) in [5.41, 5.74) is 0. The fraction of sp³-hybridized carbons (Fsp3) is 0.611. The molecular formula is C18H26N4O. The van der Waals surface area contributed by atoms with Crippen LogP contribution >= 0.6 is 0 Å². The highest BCUT2D eigenvalue weighted by Crippen LogP contribution is 2.28. The summed E-state index contributed by atoms with van der Waals surface area (Å²) in [5, 5.41) is 0. The van der Waals surface area contributed by atoms with E-state index in [0.717, 1.165) is 24.9 Å². The molecule has 2 aliphatic heterocycles. The summed E-state index contributed by atoms with van der Waals surface area (Å²) in [7, 11) is 0. The first-order valence-electron chi connectivity index (χ1n) is 8.86. The largest absolute Gasteiger partial charge is 0.468 e. The number of H-pyrrole nitrogens is 1. The van der Waals surface area contributed by atoms with Crippen LogP contribution in [0.5, 0.6) is 0 Å². The van der Waals surface area contributed by atoms with Crippen molar-refractivity contribution in [1.82, 2.24) is 19.8 Å². The molecule has 4 rings (SSSR count). The van der Waals surface area contributed by atoms with E-state index in [1.54, 1.807) is 6.26 Å². The van der Waals surface area contributed by atoms with Crippen LogP contribution in [0.15, 0.2) is 35.2 Å². The molecule has 2 saturated heterocycles. The van der Waals surface area contributed by atoms with Crippen LogP contribution in [0.3, 0.4) is 0 Å². The third-order valence-electron chi connectivity index (χ3n) is 5.39. The maximum absolute atomic E-state index is 5.47. The second kappa shape index (κ2) is 6.89. The van der Waals surface area contributed by atoms with E-state index in [4.69, 9.17) is 4.42 Å². The highest BCUT2D eigenvalue weighted by Gasteiger charge is 2.30. The number of aromatic amines is 1. The fourth-order valence-electron chi connectivity index (χ4n) is 4.13. The Morgan fingerprint density at radius 3 is 2.87 bits per heavy atom. The molecular weight excluding hydrogens is 288 g/mol. The minimum absolute atomic E-state index is 0.583. The van der Waals surface area contributed by atoms with Crippen molar-refractivity contribution in [3.63, 3.8) is 0 Å². The Kier molecular flexibility index (Phi) is 4.48. The van der Waals surface area contributed by atoms with E-state index in [1.165, 1.54) is 51.1 Å². The highest BCUT2D eigenvalue weighted by atomic mass is 16.3. The van der Waals surface area contributed by atoms with Gasteiger partial charge in [-0.15, -0.1) is 0 Å². The van der Waals surface area contributed by atoms with Crippen LogP contribution in [0.25, 0.3) is 0 Å². The molecule has 4 heterocycles. The van der Waals surface area contributed by atoms with Crippen molar-refractivity contribution in [3.8, 4) is 0 Å². The van der Waals surface area contributed by atoms with E-state index >= 15 is 0 Å². The first-order valence-corrected chi connectivity index (χ1v) is 8.86. The monoisotopic (exact) mass is 314 g/mol. The molecule has 0 unspecified atom stereocenters. The lowest BCUT2D eigenvalue weighted by Gasteiger charge is -2.41. The number of imidazole rings is 1. The van der Waals surface area contributed by atoms with Gasteiger partial charge in [-0.25, -0.2) is 4.98 Å². The van der Waals surface area contributed by atoms with E-state index < -0.39 is 0 Å². The molecule has 5 heteroatoms. The normalized spacial score (nSPS) is 25.0. The average Bonchev–Trinajstić information content (AvgIpc) is 3.29. The van der Waals surface area contributed by atoms with Gasteiger partial charge in [-0.2, -0.15) is 0 Å². The van der Waals surface area contributed by atoms with Crippen molar-refractivity contribution < 1.29 is 4.42 Å². The standard InChI is InChI=1S/C18H26N4O/c1-3-15(18-19-7-8-20-18)13-22(9-1)16-5-10-21(11-6-16)14-17-4-2-12-23-17/h2,4,7-8,12,15-16H,1,3,5-6,9-11,13-14H2,(H,19,20)/t15-/m1/s1. The number of piperidine rings is 2. The van der Waals surface area contributed by atoms with Crippen LogP contribution in [0.4, 0.5) is 0 Å². The molecule has 0 amide bonds. The van der Waals surface area contributed by atoms with E-state index in [9.17, 15) is 0 Å². The van der Waals surface area contributed by atoms with Crippen LogP contribution in [0.2, 0.25) is 0 Å². The number of furan rings is 1. The molecule has 2 aromatic heterocycles. The zero-order valence-electron chi connectivity index (χ0n) is 13.7. The topological polar surface area (TPSA) is 48.3 Å². The van der Waals surface area contributed by atoms with E-state index in [1.807, 2.05) is 18.5 Å². The predicted molar refractivity (Wildman–Crippen MR) is 89.1 cm³/mol. The molecule has 0 spiro atoms. The Bertz CT molecular complexity index is 572. The predicted octanol–water partition coefficient (Wildman–Crippen LogP) is 2.85. The lowest BCUT2D eigenvalue weighted by atomic mass is 9.93. The maximum Gasteiger partial charge on any atom is 0.117 e. The van der Waals surface area contributed by atoms with Gasteiger partial charge in [0.2, 0.25) is 0 Å². The average molecular weight is 314 g/mol. The van der Waals surface area contributed by atoms with Gasteiger partial charge in [0.1, 0.15) is 11.6 Å². The van der Waals surface area contributed by atoms with Gasteiger partial charge in [0, 0.05) is 44.0 Å². The Labute approximate surface area is 137 Å². The zero-order chi connectivity index (χ0) is 15.5. The maximum atomic E-state index is 5.47. The van der Waals surface area contributed by atoms with Gasteiger partial charge >= 0.3 is 0 Å². The summed E-state index contributed by atoms with van der Waals surface area (Å²) in [6.07, 6.45) is 10.7. The molecule has 2 aromatic rings. The zero-order valence-corrected chi connectivity index (χ0v) is 13.7. The van der Waals surface area contributed by atoms with E-state index in [-0.39, 0.29) is 0 Å². The molecule has 0 aromatic carbocycles.